The average Bonchev–Trinajstić information content (AvgIpc) is 2.65. The summed E-state index contributed by atoms with van der Waals surface area (Å²) in [7, 11) is 3.00. The van der Waals surface area contributed by atoms with E-state index in [1.54, 1.807) is 18.2 Å². The SMILES string of the molecule is CCc1c(S(=O)(=O)Cl)oc2cc(OC)ccc12. The van der Waals surface area contributed by atoms with Gasteiger partial charge in [0, 0.05) is 27.7 Å². The van der Waals surface area contributed by atoms with E-state index in [0.29, 0.717) is 23.3 Å². The molecule has 1 aromatic heterocycles. The van der Waals surface area contributed by atoms with Crippen molar-refractivity contribution in [3.8, 4) is 5.75 Å². The minimum absolute atomic E-state index is 0.176. The summed E-state index contributed by atoms with van der Waals surface area (Å²) in [5.41, 5.74) is 1.05. The first-order chi connectivity index (χ1) is 7.97. The molecule has 6 heteroatoms. The molecule has 0 radical (unpaired) electrons. The molecule has 1 aromatic carbocycles. The Kier molecular flexibility index (Phi) is 3.05. The van der Waals surface area contributed by atoms with Crippen molar-refractivity contribution in [3.63, 3.8) is 0 Å². The van der Waals surface area contributed by atoms with Crippen LogP contribution in [-0.2, 0) is 15.5 Å². The van der Waals surface area contributed by atoms with Crippen molar-refractivity contribution in [2.24, 2.45) is 0 Å². The zero-order chi connectivity index (χ0) is 12.6. The number of rotatable bonds is 3. The highest BCUT2D eigenvalue weighted by atomic mass is 35.7. The lowest BCUT2D eigenvalue weighted by Gasteiger charge is -1.98. The molecule has 0 atom stereocenters. The Labute approximate surface area is 104 Å². The van der Waals surface area contributed by atoms with E-state index in [9.17, 15) is 8.42 Å². The molecule has 0 unspecified atom stereocenters. The molecule has 2 aromatic rings. The van der Waals surface area contributed by atoms with Gasteiger partial charge in [-0.1, -0.05) is 6.92 Å². The largest absolute Gasteiger partial charge is 0.497 e. The Bertz CT molecular complexity index is 657. The molecule has 0 spiro atoms. The smallest absolute Gasteiger partial charge is 0.294 e. The molecule has 0 aliphatic rings. The molecule has 0 saturated carbocycles. The molecule has 0 aliphatic heterocycles. The molecule has 17 heavy (non-hydrogen) atoms. The predicted octanol–water partition coefficient (Wildman–Crippen LogP) is 2.93. The highest BCUT2D eigenvalue weighted by Gasteiger charge is 2.23. The van der Waals surface area contributed by atoms with Gasteiger partial charge in [-0.15, -0.1) is 0 Å². The van der Waals surface area contributed by atoms with Gasteiger partial charge in [0.2, 0.25) is 5.09 Å². The summed E-state index contributed by atoms with van der Waals surface area (Å²) in [5, 5.41) is 0.567. The van der Waals surface area contributed by atoms with Gasteiger partial charge in [0.15, 0.2) is 0 Å². The first-order valence-corrected chi connectivity index (χ1v) is 7.32. The Morgan fingerprint density at radius 3 is 2.65 bits per heavy atom. The van der Waals surface area contributed by atoms with Crippen LogP contribution in [0.2, 0.25) is 0 Å². The van der Waals surface area contributed by atoms with Crippen molar-refractivity contribution in [3.05, 3.63) is 23.8 Å². The summed E-state index contributed by atoms with van der Waals surface area (Å²) >= 11 is 0. The van der Waals surface area contributed by atoms with Crippen LogP contribution < -0.4 is 4.74 Å². The number of fused-ring (bicyclic) bond motifs is 1. The van der Waals surface area contributed by atoms with Crippen molar-refractivity contribution < 1.29 is 17.6 Å². The van der Waals surface area contributed by atoms with E-state index < -0.39 is 9.05 Å². The van der Waals surface area contributed by atoms with Crippen LogP contribution in [0.1, 0.15) is 12.5 Å². The summed E-state index contributed by atoms with van der Waals surface area (Å²) < 4.78 is 33.1. The molecule has 0 amide bonds. The molecule has 4 nitrogen and oxygen atoms in total. The molecule has 1 heterocycles. The summed E-state index contributed by atoms with van der Waals surface area (Å²) in [6.45, 7) is 1.85. The van der Waals surface area contributed by atoms with Crippen LogP contribution in [0.25, 0.3) is 11.0 Å². The average molecular weight is 275 g/mol. The Balaban J connectivity index is 2.79. The van der Waals surface area contributed by atoms with Crippen LogP contribution in [-0.4, -0.2) is 15.5 Å². The van der Waals surface area contributed by atoms with Crippen molar-refractivity contribution in [1.82, 2.24) is 0 Å². The van der Waals surface area contributed by atoms with Crippen LogP contribution in [0.3, 0.4) is 0 Å². The van der Waals surface area contributed by atoms with E-state index >= 15 is 0 Å². The molecule has 0 bridgehead atoms. The molecular weight excluding hydrogens is 264 g/mol. The van der Waals surface area contributed by atoms with Crippen LogP contribution in [0.5, 0.6) is 5.75 Å². The fourth-order valence-electron chi connectivity index (χ4n) is 1.77. The molecule has 92 valence electrons. The standard InChI is InChI=1S/C11H11ClO4S/c1-3-8-9-5-4-7(15-2)6-10(9)16-11(8)17(12,13)14/h4-6H,3H2,1-2H3. The second-order valence-corrected chi connectivity index (χ2v) is 5.99. The normalized spacial score (nSPS) is 11.9. The summed E-state index contributed by atoms with van der Waals surface area (Å²) in [6.07, 6.45) is 0.528. The van der Waals surface area contributed by atoms with Gasteiger partial charge in [-0.3, -0.25) is 0 Å². The molecule has 0 saturated heterocycles. The van der Waals surface area contributed by atoms with Gasteiger partial charge in [0.05, 0.1) is 7.11 Å². The lowest BCUT2D eigenvalue weighted by molar-refractivity contribution is 0.413. The molecular formula is C11H11ClO4S. The fourth-order valence-corrected chi connectivity index (χ4v) is 2.88. The zero-order valence-electron chi connectivity index (χ0n) is 9.36. The summed E-state index contributed by atoms with van der Waals surface area (Å²) in [5.74, 6) is 0.604. The van der Waals surface area contributed by atoms with Crippen molar-refractivity contribution >= 4 is 30.7 Å². The quantitative estimate of drug-likeness (QED) is 0.808. The third-order valence-electron chi connectivity index (χ3n) is 2.54. The first kappa shape index (κ1) is 12.3. The Morgan fingerprint density at radius 1 is 1.41 bits per heavy atom. The third-order valence-corrected chi connectivity index (χ3v) is 3.73. The van der Waals surface area contributed by atoms with Gasteiger partial charge in [0.1, 0.15) is 11.3 Å². The van der Waals surface area contributed by atoms with E-state index in [2.05, 4.69) is 0 Å². The lowest BCUT2D eigenvalue weighted by Crippen LogP contribution is -1.92. The van der Waals surface area contributed by atoms with Gasteiger partial charge < -0.3 is 9.15 Å². The number of hydrogen-bond acceptors (Lipinski definition) is 4. The second kappa shape index (κ2) is 4.23. The summed E-state index contributed by atoms with van der Waals surface area (Å²) in [6, 6.07) is 5.16. The second-order valence-electron chi connectivity index (χ2n) is 3.52. The first-order valence-electron chi connectivity index (χ1n) is 5.01. The molecule has 0 N–H and O–H groups in total. The number of aryl methyl sites for hydroxylation is 1. The molecule has 0 aliphatic carbocycles. The number of furan rings is 1. The Hall–Kier alpha value is -1.20. The van der Waals surface area contributed by atoms with Crippen molar-refractivity contribution in [2.45, 2.75) is 18.4 Å². The van der Waals surface area contributed by atoms with Crippen LogP contribution in [0.15, 0.2) is 27.7 Å². The van der Waals surface area contributed by atoms with E-state index in [1.807, 2.05) is 6.92 Å². The van der Waals surface area contributed by atoms with Crippen LogP contribution >= 0.6 is 10.7 Å². The zero-order valence-corrected chi connectivity index (χ0v) is 10.9. The number of halogens is 1. The lowest BCUT2D eigenvalue weighted by atomic mass is 10.1. The number of benzene rings is 1. The van der Waals surface area contributed by atoms with Crippen LogP contribution in [0.4, 0.5) is 0 Å². The van der Waals surface area contributed by atoms with Gasteiger partial charge in [-0.05, 0) is 18.6 Å². The maximum Gasteiger partial charge on any atom is 0.294 e. The fraction of sp³-hybridized carbons (Fsp3) is 0.273. The number of ether oxygens (including phenoxy) is 1. The highest BCUT2D eigenvalue weighted by Crippen LogP contribution is 2.33. The van der Waals surface area contributed by atoms with E-state index in [0.717, 1.165) is 5.39 Å². The maximum absolute atomic E-state index is 11.4. The molecule has 0 fully saturated rings. The highest BCUT2D eigenvalue weighted by molar-refractivity contribution is 8.13. The van der Waals surface area contributed by atoms with E-state index in [1.165, 1.54) is 7.11 Å². The summed E-state index contributed by atoms with van der Waals surface area (Å²) in [4.78, 5) is 0. The van der Waals surface area contributed by atoms with Gasteiger partial charge in [-0.2, -0.15) is 0 Å². The number of methoxy groups -OCH3 is 1. The molecule has 2 rings (SSSR count). The van der Waals surface area contributed by atoms with Crippen molar-refractivity contribution in [1.29, 1.82) is 0 Å². The third kappa shape index (κ3) is 2.12. The Morgan fingerprint density at radius 2 is 2.12 bits per heavy atom. The monoisotopic (exact) mass is 274 g/mol. The minimum Gasteiger partial charge on any atom is -0.497 e. The van der Waals surface area contributed by atoms with E-state index in [4.69, 9.17) is 19.8 Å². The minimum atomic E-state index is -3.86. The van der Waals surface area contributed by atoms with E-state index in [-0.39, 0.29) is 5.09 Å². The van der Waals surface area contributed by atoms with Gasteiger partial charge in [0.25, 0.3) is 9.05 Å². The maximum atomic E-state index is 11.4. The number of hydrogen-bond donors (Lipinski definition) is 0. The predicted molar refractivity (Wildman–Crippen MR) is 65.2 cm³/mol. The van der Waals surface area contributed by atoms with Crippen LogP contribution in [0, 0.1) is 0 Å². The van der Waals surface area contributed by atoms with Gasteiger partial charge in [-0.25, -0.2) is 8.42 Å². The topological polar surface area (TPSA) is 56.5 Å². The van der Waals surface area contributed by atoms with Crippen molar-refractivity contribution in [2.75, 3.05) is 7.11 Å². The van der Waals surface area contributed by atoms with Gasteiger partial charge >= 0.3 is 0 Å².